The summed E-state index contributed by atoms with van der Waals surface area (Å²) in [5.41, 5.74) is 4.37. The SMILES string of the molecule is COC(=O)Cn1nncc1/C=C1/CN(C(c2ccccc2)(c2ccccc2)c2ccccc2)CCC1O. The number of aliphatic hydroxyl groups excluding tert-OH is 1. The average Bonchev–Trinajstić information content (AvgIpc) is 3.38. The first-order valence-corrected chi connectivity index (χ1v) is 12.4. The highest BCUT2D eigenvalue weighted by Crippen LogP contribution is 2.44. The minimum atomic E-state index is -0.613. The number of esters is 1. The molecule has 3 aromatic carbocycles. The minimum absolute atomic E-state index is 0.0442. The normalized spacial score (nSPS) is 17.6. The Kier molecular flexibility index (Phi) is 7.25. The van der Waals surface area contributed by atoms with Crippen molar-refractivity contribution in [2.24, 2.45) is 0 Å². The first kappa shape index (κ1) is 24.6. The summed E-state index contributed by atoms with van der Waals surface area (Å²) in [6, 6.07) is 31.6. The van der Waals surface area contributed by atoms with Crippen molar-refractivity contribution in [3.63, 3.8) is 0 Å². The summed E-state index contributed by atoms with van der Waals surface area (Å²) in [5.74, 6) is -0.410. The third-order valence-electron chi connectivity index (χ3n) is 7.01. The lowest BCUT2D eigenvalue weighted by atomic mass is 9.74. The molecule has 1 saturated heterocycles. The van der Waals surface area contributed by atoms with E-state index < -0.39 is 17.6 Å². The fourth-order valence-electron chi connectivity index (χ4n) is 5.26. The van der Waals surface area contributed by atoms with Crippen LogP contribution in [0.1, 0.15) is 28.8 Å². The van der Waals surface area contributed by atoms with Gasteiger partial charge in [-0.25, -0.2) is 4.68 Å². The van der Waals surface area contributed by atoms with Crippen molar-refractivity contribution in [1.82, 2.24) is 19.9 Å². The highest BCUT2D eigenvalue weighted by Gasteiger charge is 2.44. The highest BCUT2D eigenvalue weighted by atomic mass is 16.5. The number of hydrogen-bond donors (Lipinski definition) is 1. The largest absolute Gasteiger partial charge is 0.468 e. The van der Waals surface area contributed by atoms with Crippen molar-refractivity contribution < 1.29 is 14.6 Å². The van der Waals surface area contributed by atoms with Crippen LogP contribution in [0.2, 0.25) is 0 Å². The van der Waals surface area contributed by atoms with Gasteiger partial charge in [-0.05, 0) is 34.8 Å². The van der Waals surface area contributed by atoms with Crippen molar-refractivity contribution in [3.8, 4) is 0 Å². The van der Waals surface area contributed by atoms with Crippen molar-refractivity contribution in [1.29, 1.82) is 0 Å². The van der Waals surface area contributed by atoms with Gasteiger partial charge in [0.2, 0.25) is 0 Å². The van der Waals surface area contributed by atoms with Gasteiger partial charge in [0.1, 0.15) is 6.54 Å². The van der Waals surface area contributed by atoms with Gasteiger partial charge in [-0.3, -0.25) is 9.69 Å². The highest BCUT2D eigenvalue weighted by molar-refractivity contribution is 5.69. The summed E-state index contributed by atoms with van der Waals surface area (Å²) in [7, 11) is 1.34. The van der Waals surface area contributed by atoms with E-state index >= 15 is 0 Å². The molecule has 0 spiro atoms. The third-order valence-corrected chi connectivity index (χ3v) is 7.01. The molecule has 0 amide bonds. The molecule has 1 fully saturated rings. The molecule has 7 nitrogen and oxygen atoms in total. The number of ether oxygens (including phenoxy) is 1. The lowest BCUT2D eigenvalue weighted by Gasteiger charge is -2.48. The zero-order chi connectivity index (χ0) is 25.7. The quantitative estimate of drug-likeness (QED) is 0.310. The Balaban J connectivity index is 1.64. The smallest absolute Gasteiger partial charge is 0.327 e. The Labute approximate surface area is 216 Å². The third kappa shape index (κ3) is 4.83. The fraction of sp³-hybridized carbons (Fsp3) is 0.233. The van der Waals surface area contributed by atoms with Gasteiger partial charge in [0.05, 0.1) is 30.6 Å². The Morgan fingerprint density at radius 3 is 2.03 bits per heavy atom. The summed E-state index contributed by atoms with van der Waals surface area (Å²) in [4.78, 5) is 14.3. The van der Waals surface area contributed by atoms with Gasteiger partial charge < -0.3 is 9.84 Å². The van der Waals surface area contributed by atoms with E-state index in [1.54, 1.807) is 6.20 Å². The van der Waals surface area contributed by atoms with Gasteiger partial charge in [-0.2, -0.15) is 0 Å². The second kappa shape index (κ2) is 10.9. The maximum Gasteiger partial charge on any atom is 0.327 e. The Morgan fingerprint density at radius 2 is 1.51 bits per heavy atom. The lowest BCUT2D eigenvalue weighted by Crippen LogP contribution is -2.52. The van der Waals surface area contributed by atoms with E-state index in [9.17, 15) is 9.90 Å². The summed E-state index contributed by atoms with van der Waals surface area (Å²) in [6.45, 7) is 1.16. The number of likely N-dealkylation sites (tertiary alicyclic amines) is 1. The van der Waals surface area contributed by atoms with E-state index in [4.69, 9.17) is 4.74 Å². The number of methoxy groups -OCH3 is 1. The molecule has 0 radical (unpaired) electrons. The number of aromatic nitrogens is 3. The maximum absolute atomic E-state index is 11.9. The monoisotopic (exact) mass is 494 g/mol. The molecule has 188 valence electrons. The van der Waals surface area contributed by atoms with Crippen LogP contribution < -0.4 is 0 Å². The molecule has 1 aromatic heterocycles. The molecule has 0 saturated carbocycles. The summed E-state index contributed by atoms with van der Waals surface area (Å²) < 4.78 is 6.28. The van der Waals surface area contributed by atoms with Crippen molar-refractivity contribution in [2.45, 2.75) is 24.6 Å². The van der Waals surface area contributed by atoms with Gasteiger partial charge in [0, 0.05) is 13.1 Å². The van der Waals surface area contributed by atoms with E-state index in [1.807, 2.05) is 24.3 Å². The van der Waals surface area contributed by atoms with E-state index in [2.05, 4.69) is 88.0 Å². The van der Waals surface area contributed by atoms with E-state index in [-0.39, 0.29) is 6.54 Å². The maximum atomic E-state index is 11.9. The van der Waals surface area contributed by atoms with Crippen LogP contribution in [0, 0.1) is 0 Å². The summed E-state index contributed by atoms with van der Waals surface area (Å²) in [5, 5.41) is 19.1. The molecule has 5 rings (SSSR count). The molecule has 1 aliphatic heterocycles. The zero-order valence-corrected chi connectivity index (χ0v) is 20.8. The molecule has 1 N–H and O–H groups in total. The van der Waals surface area contributed by atoms with Crippen LogP contribution in [-0.2, 0) is 21.6 Å². The molecular formula is C30H30N4O3. The van der Waals surface area contributed by atoms with Gasteiger partial charge in [-0.1, -0.05) is 96.2 Å². The Hall–Kier alpha value is -4.07. The molecule has 0 bridgehead atoms. The predicted molar refractivity (Wildman–Crippen MR) is 141 cm³/mol. The lowest BCUT2D eigenvalue weighted by molar-refractivity contribution is -0.141. The molecule has 1 atom stereocenters. The predicted octanol–water partition coefficient (Wildman–Crippen LogP) is 3.89. The molecular weight excluding hydrogens is 464 g/mol. The van der Waals surface area contributed by atoms with Crippen LogP contribution in [0.15, 0.2) is 103 Å². The molecule has 37 heavy (non-hydrogen) atoms. The molecule has 1 unspecified atom stereocenters. The van der Waals surface area contributed by atoms with Crippen molar-refractivity contribution in [2.75, 3.05) is 20.2 Å². The number of nitrogens with zero attached hydrogens (tertiary/aromatic N) is 4. The Morgan fingerprint density at radius 1 is 0.973 bits per heavy atom. The number of aliphatic hydroxyl groups is 1. The second-order valence-corrected chi connectivity index (χ2v) is 9.15. The number of benzene rings is 3. The van der Waals surface area contributed by atoms with E-state index in [0.29, 0.717) is 25.2 Å². The number of carbonyl (C=O) groups is 1. The first-order valence-electron chi connectivity index (χ1n) is 12.4. The Bertz CT molecular complexity index is 1260. The van der Waals surface area contributed by atoms with E-state index in [0.717, 1.165) is 22.3 Å². The molecule has 1 aliphatic rings. The molecule has 7 heteroatoms. The van der Waals surface area contributed by atoms with Gasteiger partial charge >= 0.3 is 5.97 Å². The number of carbonyl (C=O) groups excluding carboxylic acids is 1. The summed E-state index contributed by atoms with van der Waals surface area (Å²) in [6.07, 6.45) is 3.45. The average molecular weight is 495 g/mol. The van der Waals surface area contributed by atoms with Crippen LogP contribution in [0.5, 0.6) is 0 Å². The fourth-order valence-corrected chi connectivity index (χ4v) is 5.26. The van der Waals surface area contributed by atoms with Gasteiger partial charge in [0.15, 0.2) is 0 Å². The van der Waals surface area contributed by atoms with E-state index in [1.165, 1.54) is 11.8 Å². The molecule has 4 aromatic rings. The van der Waals surface area contributed by atoms with Crippen molar-refractivity contribution in [3.05, 3.63) is 125 Å². The minimum Gasteiger partial charge on any atom is -0.468 e. The number of piperidine rings is 1. The van der Waals surface area contributed by atoms with Crippen molar-refractivity contribution >= 4 is 12.0 Å². The zero-order valence-electron chi connectivity index (χ0n) is 20.8. The standard InChI is InChI=1S/C30H30N4O3/c1-37-29(36)22-34-27(20-31-32-34)19-23-21-33(18-17-28(23)35)30(24-11-5-2-6-12-24,25-13-7-3-8-14-25)26-15-9-4-10-16-26/h2-16,19-20,28,35H,17-18,21-22H2,1H3/b23-19-. The van der Waals surface area contributed by atoms with Crippen LogP contribution in [0.4, 0.5) is 0 Å². The number of rotatable bonds is 7. The summed E-state index contributed by atoms with van der Waals surface area (Å²) >= 11 is 0. The first-order chi connectivity index (χ1) is 18.1. The van der Waals surface area contributed by atoms with Gasteiger partial charge in [-0.15, -0.1) is 5.10 Å². The molecule has 2 heterocycles. The number of hydrogen-bond acceptors (Lipinski definition) is 6. The molecule has 0 aliphatic carbocycles. The second-order valence-electron chi connectivity index (χ2n) is 9.15. The van der Waals surface area contributed by atoms with Crippen LogP contribution >= 0.6 is 0 Å². The van der Waals surface area contributed by atoms with Crippen LogP contribution in [0.3, 0.4) is 0 Å². The topological polar surface area (TPSA) is 80.5 Å². The van der Waals surface area contributed by atoms with Gasteiger partial charge in [0.25, 0.3) is 0 Å². The van der Waals surface area contributed by atoms with Crippen LogP contribution in [-0.4, -0.2) is 57.3 Å². The van der Waals surface area contributed by atoms with Crippen LogP contribution in [0.25, 0.3) is 6.08 Å².